The molecule has 0 spiro atoms. The summed E-state index contributed by atoms with van der Waals surface area (Å²) in [4.78, 5) is 11.8. The molecule has 0 radical (unpaired) electrons. The molecule has 138 valence electrons. The van der Waals surface area contributed by atoms with E-state index in [2.05, 4.69) is 10.6 Å². The minimum Gasteiger partial charge on any atom is -1.00 e. The number of nitrogens with one attached hydrogen (secondary N) is 2. The van der Waals surface area contributed by atoms with Gasteiger partial charge in [-0.2, -0.15) is 0 Å². The van der Waals surface area contributed by atoms with Gasteiger partial charge in [0.1, 0.15) is 0 Å². The largest absolute Gasteiger partial charge is 1.00 e. The van der Waals surface area contributed by atoms with Crippen LogP contribution in [-0.4, -0.2) is 31.2 Å². The van der Waals surface area contributed by atoms with Crippen LogP contribution in [0.4, 0.5) is 0 Å². The average Bonchev–Trinajstić information content (AvgIpc) is 3.25. The Bertz CT molecular complexity index is 529. The first-order chi connectivity index (χ1) is 10.4. The summed E-state index contributed by atoms with van der Waals surface area (Å²) in [6.07, 6.45) is 2.53. The zero-order valence-corrected chi connectivity index (χ0v) is 16.1. The summed E-state index contributed by atoms with van der Waals surface area (Å²) in [6.45, 7) is 6.62. The molecule has 0 aliphatic heterocycles. The molecule has 1 saturated carbocycles. The van der Waals surface area contributed by atoms with Gasteiger partial charge in [0.25, 0.3) is 5.91 Å². The molecule has 0 aromatic heterocycles. The molecular weight excluding hydrogens is 351 g/mol. The van der Waals surface area contributed by atoms with E-state index in [0.717, 1.165) is 12.1 Å². The van der Waals surface area contributed by atoms with Gasteiger partial charge in [0, 0.05) is 18.1 Å². The SMILES string of the molecule is COc1cc(CNC2CC2)ccc1OCC(=O)NC(C)(C)C.[Cl-].[Cl-]. The molecule has 2 N–H and O–H groups in total. The average molecular weight is 377 g/mol. The predicted molar refractivity (Wildman–Crippen MR) is 86.2 cm³/mol. The molecular formula is C17H26Cl2N2O3-2. The molecule has 0 heterocycles. The van der Waals surface area contributed by atoms with Gasteiger partial charge >= 0.3 is 0 Å². The third-order valence-corrected chi connectivity index (χ3v) is 3.27. The second-order valence-electron chi connectivity index (χ2n) is 6.73. The maximum absolute atomic E-state index is 11.8. The Morgan fingerprint density at radius 2 is 1.88 bits per heavy atom. The van der Waals surface area contributed by atoms with Crippen LogP contribution in [0.1, 0.15) is 39.2 Å². The van der Waals surface area contributed by atoms with Crippen molar-refractivity contribution in [3.8, 4) is 11.5 Å². The predicted octanol–water partition coefficient (Wildman–Crippen LogP) is -3.75. The maximum atomic E-state index is 11.8. The Morgan fingerprint density at radius 1 is 1.21 bits per heavy atom. The molecule has 0 bridgehead atoms. The van der Waals surface area contributed by atoms with E-state index >= 15 is 0 Å². The van der Waals surface area contributed by atoms with Gasteiger partial charge in [-0.1, -0.05) is 6.07 Å². The molecule has 0 saturated heterocycles. The molecule has 1 aromatic carbocycles. The van der Waals surface area contributed by atoms with Crippen LogP contribution in [0.25, 0.3) is 0 Å². The minimum atomic E-state index is -0.261. The molecule has 0 atom stereocenters. The van der Waals surface area contributed by atoms with Crippen molar-refractivity contribution in [3.63, 3.8) is 0 Å². The number of carbonyl (C=O) groups is 1. The van der Waals surface area contributed by atoms with Crippen LogP contribution in [0.2, 0.25) is 0 Å². The van der Waals surface area contributed by atoms with Crippen molar-refractivity contribution in [2.75, 3.05) is 13.7 Å². The van der Waals surface area contributed by atoms with Crippen LogP contribution >= 0.6 is 0 Å². The van der Waals surface area contributed by atoms with Crippen molar-refractivity contribution < 1.29 is 39.1 Å². The fourth-order valence-corrected chi connectivity index (χ4v) is 2.09. The second-order valence-corrected chi connectivity index (χ2v) is 6.73. The number of methoxy groups -OCH3 is 1. The Labute approximate surface area is 156 Å². The lowest BCUT2D eigenvalue weighted by Gasteiger charge is -2.20. The molecule has 7 heteroatoms. The molecule has 0 unspecified atom stereocenters. The van der Waals surface area contributed by atoms with Gasteiger partial charge in [0.05, 0.1) is 7.11 Å². The van der Waals surface area contributed by atoms with E-state index in [4.69, 9.17) is 9.47 Å². The van der Waals surface area contributed by atoms with Crippen molar-refractivity contribution >= 4 is 5.91 Å². The van der Waals surface area contributed by atoms with E-state index in [0.29, 0.717) is 17.5 Å². The van der Waals surface area contributed by atoms with E-state index in [1.165, 1.54) is 12.8 Å². The van der Waals surface area contributed by atoms with Crippen molar-refractivity contribution in [3.05, 3.63) is 23.8 Å². The van der Waals surface area contributed by atoms with E-state index in [-0.39, 0.29) is 42.9 Å². The van der Waals surface area contributed by atoms with Gasteiger partial charge in [-0.3, -0.25) is 4.79 Å². The van der Waals surface area contributed by atoms with E-state index in [9.17, 15) is 4.79 Å². The molecule has 2 rings (SSSR count). The fraction of sp³-hybridized carbons (Fsp3) is 0.588. The normalized spacial score (nSPS) is 13.3. The second kappa shape index (κ2) is 9.97. The summed E-state index contributed by atoms with van der Waals surface area (Å²) in [5.41, 5.74) is 0.887. The zero-order chi connectivity index (χ0) is 16.2. The lowest BCUT2D eigenvalue weighted by molar-refractivity contribution is -0.124. The summed E-state index contributed by atoms with van der Waals surface area (Å²) in [5.74, 6) is 1.09. The number of benzene rings is 1. The summed E-state index contributed by atoms with van der Waals surface area (Å²) in [5, 5.41) is 6.32. The topological polar surface area (TPSA) is 59.6 Å². The number of hydrogen-bond acceptors (Lipinski definition) is 4. The Morgan fingerprint density at radius 3 is 2.42 bits per heavy atom. The first kappa shape index (κ1) is 22.8. The highest BCUT2D eigenvalue weighted by atomic mass is 35.5. The highest BCUT2D eigenvalue weighted by Crippen LogP contribution is 2.28. The van der Waals surface area contributed by atoms with E-state index in [1.54, 1.807) is 7.11 Å². The van der Waals surface area contributed by atoms with Crippen LogP contribution in [0, 0.1) is 0 Å². The summed E-state index contributed by atoms with van der Waals surface area (Å²) < 4.78 is 10.9. The molecule has 1 aromatic rings. The van der Waals surface area contributed by atoms with Crippen LogP contribution in [0.15, 0.2) is 18.2 Å². The maximum Gasteiger partial charge on any atom is 0.258 e. The molecule has 1 aliphatic rings. The minimum absolute atomic E-state index is 0. The molecule has 1 fully saturated rings. The number of rotatable bonds is 7. The fourth-order valence-electron chi connectivity index (χ4n) is 2.09. The monoisotopic (exact) mass is 376 g/mol. The quantitative estimate of drug-likeness (QED) is 0.513. The highest BCUT2D eigenvalue weighted by molar-refractivity contribution is 5.78. The van der Waals surface area contributed by atoms with Gasteiger partial charge in [-0.25, -0.2) is 0 Å². The van der Waals surface area contributed by atoms with Gasteiger partial charge in [0.15, 0.2) is 18.1 Å². The Kier molecular flexibility index (Phi) is 9.48. The first-order valence-electron chi connectivity index (χ1n) is 7.71. The zero-order valence-electron chi connectivity index (χ0n) is 14.6. The molecule has 24 heavy (non-hydrogen) atoms. The van der Waals surface area contributed by atoms with Crippen LogP contribution in [0.3, 0.4) is 0 Å². The Balaban J connectivity index is 0.00000264. The number of hydrogen-bond donors (Lipinski definition) is 2. The van der Waals surface area contributed by atoms with E-state index < -0.39 is 0 Å². The van der Waals surface area contributed by atoms with Gasteiger partial charge < -0.3 is 44.9 Å². The van der Waals surface area contributed by atoms with E-state index in [1.807, 2.05) is 39.0 Å². The van der Waals surface area contributed by atoms with Crippen molar-refractivity contribution in [1.29, 1.82) is 0 Å². The number of halogens is 2. The summed E-state index contributed by atoms with van der Waals surface area (Å²) >= 11 is 0. The lowest BCUT2D eigenvalue weighted by Crippen LogP contribution is -3.00. The summed E-state index contributed by atoms with van der Waals surface area (Å²) in [7, 11) is 1.61. The number of ether oxygens (including phenoxy) is 2. The first-order valence-corrected chi connectivity index (χ1v) is 7.71. The standard InChI is InChI=1S/C17H26N2O3.2ClH/c1-17(2,3)19-16(20)11-22-14-8-5-12(9-15(14)21-4)10-18-13-6-7-13;;/h5,8-9,13,18H,6-7,10-11H2,1-4H3,(H,19,20);2*1H/p-2. The van der Waals surface area contributed by atoms with Gasteiger partial charge in [0.2, 0.25) is 0 Å². The number of carbonyl (C=O) groups excluding carboxylic acids is 1. The molecule has 1 aliphatic carbocycles. The van der Waals surface area contributed by atoms with Gasteiger partial charge in [-0.05, 0) is 51.3 Å². The lowest BCUT2D eigenvalue weighted by atomic mass is 10.1. The third kappa shape index (κ3) is 8.08. The Hall–Kier alpha value is -1.17. The van der Waals surface area contributed by atoms with Crippen LogP contribution in [-0.2, 0) is 11.3 Å². The molecule has 5 nitrogen and oxygen atoms in total. The number of amides is 1. The van der Waals surface area contributed by atoms with Gasteiger partial charge in [-0.15, -0.1) is 0 Å². The van der Waals surface area contributed by atoms with Crippen molar-refractivity contribution in [2.24, 2.45) is 0 Å². The summed E-state index contributed by atoms with van der Waals surface area (Å²) in [6, 6.07) is 6.47. The van der Waals surface area contributed by atoms with Crippen LogP contribution in [0.5, 0.6) is 11.5 Å². The smallest absolute Gasteiger partial charge is 0.258 e. The molecule has 1 amide bonds. The van der Waals surface area contributed by atoms with Crippen molar-refractivity contribution in [2.45, 2.75) is 51.7 Å². The highest BCUT2D eigenvalue weighted by Gasteiger charge is 2.20. The van der Waals surface area contributed by atoms with Crippen LogP contribution < -0.4 is 44.9 Å². The van der Waals surface area contributed by atoms with Crippen molar-refractivity contribution in [1.82, 2.24) is 10.6 Å². The third-order valence-electron chi connectivity index (χ3n) is 3.27.